The molecule has 1 aromatic heterocycles. The highest BCUT2D eigenvalue weighted by Crippen LogP contribution is 2.18. The predicted octanol–water partition coefficient (Wildman–Crippen LogP) is 1.13. The van der Waals surface area contributed by atoms with Crippen molar-refractivity contribution in [3.8, 4) is 5.75 Å². The molecule has 22 heavy (non-hydrogen) atoms. The zero-order valence-corrected chi connectivity index (χ0v) is 14.2. The average Bonchev–Trinajstić information content (AvgIpc) is 2.33. The van der Waals surface area contributed by atoms with E-state index in [1.165, 1.54) is 6.20 Å². The van der Waals surface area contributed by atoms with E-state index in [1.807, 2.05) is 6.92 Å². The number of aryl methyl sites for hydroxylation is 1. The van der Waals surface area contributed by atoms with Gasteiger partial charge in [0.05, 0.1) is 18.1 Å². The fourth-order valence-corrected chi connectivity index (χ4v) is 1.93. The molecule has 9 heteroatoms. The number of anilines is 1. The van der Waals surface area contributed by atoms with Crippen LogP contribution in [-0.2, 0) is 26.0 Å². The smallest absolute Gasteiger partial charge is 0.344 e. The zero-order chi connectivity index (χ0) is 17.0. The minimum absolute atomic E-state index is 0.0380. The van der Waals surface area contributed by atoms with Gasteiger partial charge in [0.1, 0.15) is 5.60 Å². The molecule has 1 aromatic rings. The first-order chi connectivity index (χ1) is 10.00. The van der Waals surface area contributed by atoms with Crippen LogP contribution in [0.4, 0.5) is 5.95 Å². The van der Waals surface area contributed by atoms with Crippen molar-refractivity contribution < 1.29 is 22.7 Å². The Morgan fingerprint density at radius 2 is 2.00 bits per heavy atom. The Morgan fingerprint density at radius 3 is 2.50 bits per heavy atom. The minimum atomic E-state index is -3.45. The summed E-state index contributed by atoms with van der Waals surface area (Å²) < 4.78 is 35.0. The molecule has 0 aliphatic rings. The Bertz CT molecular complexity index is 638. The van der Waals surface area contributed by atoms with E-state index in [0.717, 1.165) is 6.26 Å². The van der Waals surface area contributed by atoms with Crippen molar-refractivity contribution in [2.45, 2.75) is 39.7 Å². The van der Waals surface area contributed by atoms with E-state index >= 15 is 0 Å². The molecule has 1 heterocycles. The molecule has 0 fully saturated rings. The molecule has 0 unspecified atom stereocenters. The molecule has 0 saturated carbocycles. The summed E-state index contributed by atoms with van der Waals surface area (Å²) in [7, 11) is -3.45. The Balaban J connectivity index is 2.77. The molecule has 1 rings (SSSR count). The molecule has 0 atom stereocenters. The Morgan fingerprint density at radius 1 is 1.36 bits per heavy atom. The van der Waals surface area contributed by atoms with Gasteiger partial charge in [0.2, 0.25) is 16.0 Å². The molecule has 0 saturated heterocycles. The van der Waals surface area contributed by atoms with Gasteiger partial charge in [-0.25, -0.2) is 23.2 Å². The van der Waals surface area contributed by atoms with Gasteiger partial charge in [-0.3, -0.25) is 4.72 Å². The number of ether oxygens (including phenoxy) is 2. The Hall–Kier alpha value is -1.90. The van der Waals surface area contributed by atoms with E-state index in [4.69, 9.17) is 9.47 Å². The zero-order valence-electron chi connectivity index (χ0n) is 13.3. The van der Waals surface area contributed by atoms with Crippen LogP contribution in [0.15, 0.2) is 6.20 Å². The Labute approximate surface area is 130 Å². The van der Waals surface area contributed by atoms with Crippen molar-refractivity contribution in [3.05, 3.63) is 11.9 Å². The maximum atomic E-state index is 11.6. The number of hydrogen-bond donors (Lipinski definition) is 1. The summed E-state index contributed by atoms with van der Waals surface area (Å²) >= 11 is 0. The van der Waals surface area contributed by atoms with Crippen LogP contribution < -0.4 is 9.46 Å². The van der Waals surface area contributed by atoms with Crippen LogP contribution in [0.2, 0.25) is 0 Å². The summed E-state index contributed by atoms with van der Waals surface area (Å²) in [6.07, 6.45) is 2.82. The van der Waals surface area contributed by atoms with Crippen LogP contribution in [0.5, 0.6) is 5.75 Å². The topological polar surface area (TPSA) is 107 Å². The lowest BCUT2D eigenvalue weighted by atomic mass is 10.2. The molecule has 0 radical (unpaired) electrons. The van der Waals surface area contributed by atoms with E-state index in [9.17, 15) is 13.2 Å². The highest BCUT2D eigenvalue weighted by atomic mass is 32.2. The van der Waals surface area contributed by atoms with Gasteiger partial charge in [0, 0.05) is 0 Å². The Kier molecular flexibility index (Phi) is 5.70. The first-order valence-electron chi connectivity index (χ1n) is 6.68. The summed E-state index contributed by atoms with van der Waals surface area (Å²) in [5.41, 5.74) is -0.0990. The first kappa shape index (κ1) is 18.1. The van der Waals surface area contributed by atoms with Crippen LogP contribution >= 0.6 is 0 Å². The lowest BCUT2D eigenvalue weighted by Crippen LogP contribution is -2.27. The van der Waals surface area contributed by atoms with Gasteiger partial charge in [0.25, 0.3) is 0 Å². The maximum absolute atomic E-state index is 11.6. The van der Waals surface area contributed by atoms with Gasteiger partial charge < -0.3 is 9.47 Å². The number of esters is 1. The predicted molar refractivity (Wildman–Crippen MR) is 81.2 cm³/mol. The first-order valence-corrected chi connectivity index (χ1v) is 8.57. The van der Waals surface area contributed by atoms with Gasteiger partial charge in [-0.15, -0.1) is 0 Å². The van der Waals surface area contributed by atoms with Crippen LogP contribution in [0, 0.1) is 0 Å². The van der Waals surface area contributed by atoms with Gasteiger partial charge in [-0.05, 0) is 27.2 Å². The number of hydrogen-bond acceptors (Lipinski definition) is 7. The molecule has 8 nitrogen and oxygen atoms in total. The van der Waals surface area contributed by atoms with E-state index in [1.54, 1.807) is 20.8 Å². The fourth-order valence-electron chi connectivity index (χ4n) is 1.50. The third-order valence-corrected chi connectivity index (χ3v) is 2.76. The SMILES string of the molecule is CCc1nc(NS(C)(=O)=O)ncc1OCC(=O)OC(C)(C)C. The van der Waals surface area contributed by atoms with Gasteiger partial charge >= 0.3 is 5.97 Å². The van der Waals surface area contributed by atoms with Crippen LogP contribution in [-0.4, -0.2) is 42.8 Å². The molecular formula is C13H21N3O5S. The van der Waals surface area contributed by atoms with Crippen molar-refractivity contribution in [1.29, 1.82) is 0 Å². The van der Waals surface area contributed by atoms with E-state index in [0.29, 0.717) is 17.9 Å². The van der Waals surface area contributed by atoms with Gasteiger partial charge in [-0.2, -0.15) is 0 Å². The third kappa shape index (κ3) is 6.70. The number of rotatable bonds is 6. The van der Waals surface area contributed by atoms with Crippen LogP contribution in [0.1, 0.15) is 33.4 Å². The number of aromatic nitrogens is 2. The molecule has 0 bridgehead atoms. The number of nitrogens with one attached hydrogen (secondary N) is 1. The van der Waals surface area contributed by atoms with Gasteiger partial charge in [0.15, 0.2) is 12.4 Å². The second kappa shape index (κ2) is 6.91. The van der Waals surface area contributed by atoms with E-state index < -0.39 is 21.6 Å². The molecule has 124 valence electrons. The molecular weight excluding hydrogens is 310 g/mol. The molecule has 0 spiro atoms. The summed E-state index contributed by atoms with van der Waals surface area (Å²) in [6, 6.07) is 0. The standard InChI is InChI=1S/C13H21N3O5S/c1-6-9-10(20-8-11(17)21-13(2,3)4)7-14-12(15-9)16-22(5,18)19/h7H,6,8H2,1-5H3,(H,14,15,16). The molecule has 0 aliphatic carbocycles. The molecule has 0 amide bonds. The number of sulfonamides is 1. The van der Waals surface area contributed by atoms with Crippen molar-refractivity contribution in [3.63, 3.8) is 0 Å². The highest BCUT2D eigenvalue weighted by molar-refractivity contribution is 7.91. The van der Waals surface area contributed by atoms with Gasteiger partial charge in [-0.1, -0.05) is 6.92 Å². The summed E-state index contributed by atoms with van der Waals surface area (Å²) in [5, 5.41) is 0. The lowest BCUT2D eigenvalue weighted by molar-refractivity contribution is -0.157. The quantitative estimate of drug-likeness (QED) is 0.778. The summed E-state index contributed by atoms with van der Waals surface area (Å²) in [6.45, 7) is 6.84. The van der Waals surface area contributed by atoms with Crippen molar-refractivity contribution >= 4 is 21.9 Å². The lowest BCUT2D eigenvalue weighted by Gasteiger charge is -2.19. The highest BCUT2D eigenvalue weighted by Gasteiger charge is 2.17. The summed E-state index contributed by atoms with van der Waals surface area (Å²) in [5.74, 6) is -0.232. The van der Waals surface area contributed by atoms with Crippen LogP contribution in [0.3, 0.4) is 0 Å². The minimum Gasteiger partial charge on any atom is -0.478 e. The van der Waals surface area contributed by atoms with E-state index in [2.05, 4.69) is 14.7 Å². The average molecular weight is 331 g/mol. The second-order valence-corrected chi connectivity index (χ2v) is 7.36. The van der Waals surface area contributed by atoms with Crippen LogP contribution in [0.25, 0.3) is 0 Å². The normalized spacial score (nSPS) is 11.9. The number of nitrogens with zero attached hydrogens (tertiary/aromatic N) is 2. The molecule has 0 aliphatic heterocycles. The maximum Gasteiger partial charge on any atom is 0.344 e. The van der Waals surface area contributed by atoms with E-state index in [-0.39, 0.29) is 12.6 Å². The second-order valence-electron chi connectivity index (χ2n) is 5.61. The van der Waals surface area contributed by atoms with Crippen molar-refractivity contribution in [2.24, 2.45) is 0 Å². The van der Waals surface area contributed by atoms with Crippen molar-refractivity contribution in [2.75, 3.05) is 17.6 Å². The fraction of sp³-hybridized carbons (Fsp3) is 0.615. The number of carbonyl (C=O) groups excluding carboxylic acids is 1. The largest absolute Gasteiger partial charge is 0.478 e. The monoisotopic (exact) mass is 331 g/mol. The molecule has 1 N–H and O–H groups in total. The van der Waals surface area contributed by atoms with Crippen molar-refractivity contribution in [1.82, 2.24) is 9.97 Å². The third-order valence-electron chi connectivity index (χ3n) is 2.21. The summed E-state index contributed by atoms with van der Waals surface area (Å²) in [4.78, 5) is 19.5. The number of carbonyl (C=O) groups is 1. The molecule has 0 aromatic carbocycles.